The molecular weight excluding hydrogens is 150 g/mol. The normalized spacial score (nSPS) is 36.4. The van der Waals surface area contributed by atoms with Gasteiger partial charge in [-0.3, -0.25) is 4.48 Å². The topological polar surface area (TPSA) is 17.1 Å². The third-order valence-corrected chi connectivity index (χ3v) is 3.40. The van der Waals surface area contributed by atoms with Crippen molar-refractivity contribution in [2.24, 2.45) is 5.92 Å². The van der Waals surface area contributed by atoms with Crippen molar-refractivity contribution in [3.05, 3.63) is 0 Å². The first-order chi connectivity index (χ1) is 5.58. The second kappa shape index (κ2) is 3.56. The molecule has 0 N–H and O–H groups in total. The standard InChI is InChI=1S/C10H20NO/c1-4-10-5-7-11(3,8-6-10)9(2)12/h10H,4-8H2,1-3H3/q+1. The maximum absolute atomic E-state index is 11.3. The Balaban J connectivity index is 2.49. The van der Waals surface area contributed by atoms with Crippen molar-refractivity contribution in [2.45, 2.75) is 33.1 Å². The fourth-order valence-corrected chi connectivity index (χ4v) is 1.91. The predicted molar refractivity (Wildman–Crippen MR) is 49.6 cm³/mol. The molecule has 2 nitrogen and oxygen atoms in total. The van der Waals surface area contributed by atoms with Gasteiger partial charge in [0.25, 0.3) is 0 Å². The number of rotatable bonds is 1. The minimum atomic E-state index is 0.324. The van der Waals surface area contributed by atoms with Gasteiger partial charge in [0, 0.05) is 12.8 Å². The molecule has 0 saturated carbocycles. The molecule has 1 fully saturated rings. The lowest BCUT2D eigenvalue weighted by atomic mass is 9.93. The lowest BCUT2D eigenvalue weighted by molar-refractivity contribution is -0.840. The van der Waals surface area contributed by atoms with Gasteiger partial charge in [0.15, 0.2) is 0 Å². The van der Waals surface area contributed by atoms with Gasteiger partial charge in [-0.15, -0.1) is 0 Å². The molecule has 0 atom stereocenters. The minimum absolute atomic E-state index is 0.324. The lowest BCUT2D eigenvalue weighted by Crippen LogP contribution is -2.52. The molecule has 2 heteroatoms. The number of carbonyl (C=O) groups excluding carboxylic acids is 1. The van der Waals surface area contributed by atoms with E-state index in [1.807, 2.05) is 0 Å². The third-order valence-electron chi connectivity index (χ3n) is 3.40. The van der Waals surface area contributed by atoms with Gasteiger partial charge in [-0.05, 0) is 5.92 Å². The molecule has 0 aromatic rings. The molecule has 0 aliphatic carbocycles. The Labute approximate surface area is 75.1 Å². The number of nitrogens with zero attached hydrogens (tertiary/aromatic N) is 1. The summed E-state index contributed by atoms with van der Waals surface area (Å²) < 4.78 is 0.663. The van der Waals surface area contributed by atoms with Crippen LogP contribution in [0.5, 0.6) is 0 Å². The molecule has 0 aromatic carbocycles. The second-order valence-electron chi connectivity index (χ2n) is 4.21. The maximum Gasteiger partial charge on any atom is 0.310 e. The Hall–Kier alpha value is -0.370. The van der Waals surface area contributed by atoms with Gasteiger partial charge < -0.3 is 0 Å². The molecule has 0 unspecified atom stereocenters. The van der Waals surface area contributed by atoms with E-state index < -0.39 is 0 Å². The summed E-state index contributed by atoms with van der Waals surface area (Å²) in [4.78, 5) is 11.3. The number of quaternary nitrogens is 1. The Morgan fingerprint density at radius 2 is 1.92 bits per heavy atom. The highest BCUT2D eigenvalue weighted by atomic mass is 16.2. The van der Waals surface area contributed by atoms with Crippen LogP contribution in [-0.2, 0) is 4.79 Å². The lowest BCUT2D eigenvalue weighted by Gasteiger charge is -2.37. The highest BCUT2D eigenvalue weighted by Gasteiger charge is 2.33. The van der Waals surface area contributed by atoms with Gasteiger partial charge >= 0.3 is 5.91 Å². The summed E-state index contributed by atoms with van der Waals surface area (Å²) in [6.45, 7) is 6.06. The number of hydrogen-bond acceptors (Lipinski definition) is 1. The van der Waals surface area contributed by atoms with Crippen molar-refractivity contribution in [2.75, 3.05) is 20.1 Å². The van der Waals surface area contributed by atoms with Crippen LogP contribution in [0.1, 0.15) is 33.1 Å². The highest BCUT2D eigenvalue weighted by Crippen LogP contribution is 2.24. The summed E-state index contributed by atoms with van der Waals surface area (Å²) in [5.41, 5.74) is 0. The molecular formula is C10H20NO+. The van der Waals surface area contributed by atoms with Crippen LogP contribution in [0.25, 0.3) is 0 Å². The van der Waals surface area contributed by atoms with Gasteiger partial charge in [-0.1, -0.05) is 13.3 Å². The van der Waals surface area contributed by atoms with Crippen LogP contribution in [-0.4, -0.2) is 30.5 Å². The van der Waals surface area contributed by atoms with Crippen LogP contribution < -0.4 is 0 Å². The summed E-state index contributed by atoms with van der Waals surface area (Å²) in [6.07, 6.45) is 3.73. The number of carbonyl (C=O) groups is 1. The van der Waals surface area contributed by atoms with Crippen molar-refractivity contribution in [3.8, 4) is 0 Å². The molecule has 1 heterocycles. The summed E-state index contributed by atoms with van der Waals surface area (Å²) in [5.74, 6) is 1.19. The second-order valence-corrected chi connectivity index (χ2v) is 4.21. The van der Waals surface area contributed by atoms with Gasteiger partial charge in [-0.25, -0.2) is 4.79 Å². The zero-order valence-electron chi connectivity index (χ0n) is 8.47. The van der Waals surface area contributed by atoms with E-state index >= 15 is 0 Å². The van der Waals surface area contributed by atoms with Crippen molar-refractivity contribution >= 4 is 5.91 Å². The fraction of sp³-hybridized carbons (Fsp3) is 0.900. The van der Waals surface area contributed by atoms with E-state index in [9.17, 15) is 4.79 Å². The number of likely N-dealkylation sites (tertiary alicyclic amines) is 1. The molecule has 1 aliphatic rings. The minimum Gasteiger partial charge on any atom is -0.263 e. The highest BCUT2D eigenvalue weighted by molar-refractivity contribution is 5.65. The summed E-state index contributed by atoms with van der Waals surface area (Å²) >= 11 is 0. The molecule has 0 bridgehead atoms. The summed E-state index contributed by atoms with van der Waals surface area (Å²) in [6, 6.07) is 0. The molecule has 70 valence electrons. The largest absolute Gasteiger partial charge is 0.310 e. The molecule has 1 amide bonds. The van der Waals surface area contributed by atoms with Gasteiger partial charge in [-0.2, -0.15) is 0 Å². The number of amides is 1. The maximum atomic E-state index is 11.3. The van der Waals surface area contributed by atoms with Crippen molar-refractivity contribution in [1.29, 1.82) is 0 Å². The monoisotopic (exact) mass is 170 g/mol. The van der Waals surface area contributed by atoms with E-state index in [1.165, 1.54) is 19.3 Å². The summed E-state index contributed by atoms with van der Waals surface area (Å²) in [7, 11) is 2.06. The average molecular weight is 170 g/mol. The van der Waals surface area contributed by atoms with E-state index in [2.05, 4.69) is 14.0 Å². The molecule has 1 saturated heterocycles. The average Bonchev–Trinajstić information content (AvgIpc) is 2.06. The van der Waals surface area contributed by atoms with Crippen LogP contribution in [0.2, 0.25) is 0 Å². The number of hydrogen-bond donors (Lipinski definition) is 0. The van der Waals surface area contributed by atoms with Crippen LogP contribution in [0, 0.1) is 5.92 Å². The first-order valence-electron chi connectivity index (χ1n) is 4.94. The smallest absolute Gasteiger partial charge is 0.263 e. The van der Waals surface area contributed by atoms with Gasteiger partial charge in [0.05, 0.1) is 27.1 Å². The first-order valence-corrected chi connectivity index (χ1v) is 4.94. The molecule has 0 spiro atoms. The van der Waals surface area contributed by atoms with Crippen LogP contribution in [0.3, 0.4) is 0 Å². The van der Waals surface area contributed by atoms with Crippen molar-refractivity contribution in [3.63, 3.8) is 0 Å². The van der Waals surface area contributed by atoms with E-state index in [1.54, 1.807) is 6.92 Å². The molecule has 1 aliphatic heterocycles. The van der Waals surface area contributed by atoms with Crippen LogP contribution in [0.4, 0.5) is 0 Å². The Morgan fingerprint density at radius 1 is 1.42 bits per heavy atom. The molecule has 0 radical (unpaired) electrons. The fourth-order valence-electron chi connectivity index (χ4n) is 1.91. The van der Waals surface area contributed by atoms with E-state index in [0.717, 1.165) is 19.0 Å². The van der Waals surface area contributed by atoms with Crippen LogP contribution in [0.15, 0.2) is 0 Å². The first kappa shape index (κ1) is 9.72. The Morgan fingerprint density at radius 3 is 2.25 bits per heavy atom. The third kappa shape index (κ3) is 1.86. The SMILES string of the molecule is CCC1CC[N+](C)(C(C)=O)CC1. The van der Waals surface area contributed by atoms with Gasteiger partial charge in [0.1, 0.15) is 0 Å². The van der Waals surface area contributed by atoms with Gasteiger partial charge in [0.2, 0.25) is 0 Å². The Kier molecular flexibility index (Phi) is 2.89. The summed E-state index contributed by atoms with van der Waals surface area (Å²) in [5, 5.41) is 0. The predicted octanol–water partition coefficient (Wildman–Crippen LogP) is 1.80. The zero-order valence-corrected chi connectivity index (χ0v) is 8.47. The Bertz CT molecular complexity index is 169. The van der Waals surface area contributed by atoms with E-state index in [4.69, 9.17) is 0 Å². The van der Waals surface area contributed by atoms with Crippen molar-refractivity contribution < 1.29 is 9.28 Å². The molecule has 0 aromatic heterocycles. The molecule has 1 rings (SSSR count). The quantitative estimate of drug-likeness (QED) is 0.548. The molecule has 12 heavy (non-hydrogen) atoms. The van der Waals surface area contributed by atoms with E-state index in [0.29, 0.717) is 10.4 Å². The van der Waals surface area contributed by atoms with E-state index in [-0.39, 0.29) is 0 Å². The van der Waals surface area contributed by atoms with Crippen molar-refractivity contribution in [1.82, 2.24) is 0 Å². The van der Waals surface area contributed by atoms with Crippen LogP contribution >= 0.6 is 0 Å². The number of piperidine rings is 1. The zero-order chi connectivity index (χ0) is 9.19.